The molecule has 2 atom stereocenters. The van der Waals surface area contributed by atoms with E-state index in [9.17, 15) is 14.4 Å². The molecule has 1 aliphatic heterocycles. The molecular formula is C7H11N3O3. The Morgan fingerprint density at radius 3 is 2.46 bits per heavy atom. The zero-order chi connectivity index (χ0) is 10.2. The molecule has 72 valence electrons. The van der Waals surface area contributed by atoms with Crippen LogP contribution in [0, 0.1) is 0 Å². The minimum Gasteiger partial charge on any atom is -0.368 e. The molecule has 0 aromatic rings. The molecule has 3 N–H and O–H groups in total. The highest BCUT2D eigenvalue weighted by molar-refractivity contribution is 6.06. The maximum absolute atomic E-state index is 11.3. The summed E-state index contributed by atoms with van der Waals surface area (Å²) in [5.74, 6) is -1.12. The predicted octanol–water partition coefficient (Wildman–Crippen LogP) is -1.20. The van der Waals surface area contributed by atoms with Crippen LogP contribution in [0.4, 0.5) is 4.79 Å². The zero-order valence-corrected chi connectivity index (χ0v) is 7.40. The first-order valence-corrected chi connectivity index (χ1v) is 3.88. The van der Waals surface area contributed by atoms with Gasteiger partial charge in [0.2, 0.25) is 5.91 Å². The summed E-state index contributed by atoms with van der Waals surface area (Å²) in [4.78, 5) is 34.0. The van der Waals surface area contributed by atoms with E-state index in [1.165, 1.54) is 6.92 Å². The van der Waals surface area contributed by atoms with Crippen molar-refractivity contribution in [2.75, 3.05) is 0 Å². The molecule has 0 aromatic carbocycles. The molecule has 1 fully saturated rings. The highest BCUT2D eigenvalue weighted by Gasteiger charge is 2.39. The Labute approximate surface area is 75.1 Å². The van der Waals surface area contributed by atoms with E-state index in [1.807, 2.05) is 0 Å². The Kier molecular flexibility index (Phi) is 2.22. The Hall–Kier alpha value is -1.59. The molecule has 6 heteroatoms. The van der Waals surface area contributed by atoms with Gasteiger partial charge in [-0.15, -0.1) is 0 Å². The van der Waals surface area contributed by atoms with Gasteiger partial charge in [-0.2, -0.15) is 0 Å². The van der Waals surface area contributed by atoms with Crippen LogP contribution in [0.15, 0.2) is 0 Å². The van der Waals surface area contributed by atoms with Gasteiger partial charge in [-0.3, -0.25) is 14.5 Å². The third-order valence-electron chi connectivity index (χ3n) is 1.97. The van der Waals surface area contributed by atoms with Crippen LogP contribution in [-0.4, -0.2) is 34.8 Å². The monoisotopic (exact) mass is 185 g/mol. The average Bonchev–Trinajstić information content (AvgIpc) is 2.26. The van der Waals surface area contributed by atoms with Crippen molar-refractivity contribution >= 4 is 17.8 Å². The summed E-state index contributed by atoms with van der Waals surface area (Å²) in [6.07, 6.45) is 0. The number of rotatable bonds is 2. The normalized spacial score (nSPS) is 24.5. The smallest absolute Gasteiger partial charge is 0.325 e. The van der Waals surface area contributed by atoms with E-state index >= 15 is 0 Å². The number of imide groups is 1. The Morgan fingerprint density at radius 1 is 1.62 bits per heavy atom. The minimum absolute atomic E-state index is 0.420. The number of primary amides is 1. The van der Waals surface area contributed by atoms with Crippen LogP contribution in [0.3, 0.4) is 0 Å². The molecule has 2 unspecified atom stereocenters. The fourth-order valence-corrected chi connectivity index (χ4v) is 1.12. The number of hydrogen-bond donors (Lipinski definition) is 2. The van der Waals surface area contributed by atoms with Crippen molar-refractivity contribution < 1.29 is 14.4 Å². The van der Waals surface area contributed by atoms with Crippen molar-refractivity contribution in [1.82, 2.24) is 10.2 Å². The van der Waals surface area contributed by atoms with E-state index < -0.39 is 29.9 Å². The maximum atomic E-state index is 11.3. The first-order chi connectivity index (χ1) is 5.95. The number of urea groups is 1. The zero-order valence-electron chi connectivity index (χ0n) is 7.40. The van der Waals surface area contributed by atoms with Crippen LogP contribution < -0.4 is 11.1 Å². The Morgan fingerprint density at radius 2 is 2.15 bits per heavy atom. The molecular weight excluding hydrogens is 174 g/mol. The van der Waals surface area contributed by atoms with Crippen LogP contribution in [-0.2, 0) is 9.59 Å². The number of carbonyl (C=O) groups is 3. The lowest BCUT2D eigenvalue weighted by molar-refractivity contribution is -0.133. The first kappa shape index (κ1) is 9.50. The predicted molar refractivity (Wildman–Crippen MR) is 43.5 cm³/mol. The SMILES string of the molecule is CC1NC(=O)N(C(C)C(N)=O)C1=O. The van der Waals surface area contributed by atoms with Crippen molar-refractivity contribution in [3.05, 3.63) is 0 Å². The number of hydrogen-bond acceptors (Lipinski definition) is 3. The van der Waals surface area contributed by atoms with E-state index in [4.69, 9.17) is 5.73 Å². The Bertz CT molecular complexity index is 276. The molecule has 0 radical (unpaired) electrons. The number of nitrogens with zero attached hydrogens (tertiary/aromatic N) is 1. The van der Waals surface area contributed by atoms with Gasteiger partial charge in [0.15, 0.2) is 0 Å². The number of carbonyl (C=O) groups excluding carboxylic acids is 3. The molecule has 13 heavy (non-hydrogen) atoms. The molecule has 0 aliphatic carbocycles. The summed E-state index contributed by atoms with van der Waals surface area (Å²) in [6, 6.07) is -2.03. The van der Waals surface area contributed by atoms with Crippen molar-refractivity contribution in [1.29, 1.82) is 0 Å². The van der Waals surface area contributed by atoms with E-state index in [1.54, 1.807) is 6.92 Å². The second kappa shape index (κ2) is 3.04. The maximum Gasteiger partial charge on any atom is 0.325 e. The minimum atomic E-state index is -0.891. The fraction of sp³-hybridized carbons (Fsp3) is 0.571. The van der Waals surface area contributed by atoms with E-state index in [0.717, 1.165) is 4.90 Å². The number of nitrogens with one attached hydrogen (secondary N) is 1. The van der Waals surface area contributed by atoms with Gasteiger partial charge in [0, 0.05) is 0 Å². The van der Waals surface area contributed by atoms with Crippen LogP contribution >= 0.6 is 0 Å². The molecule has 1 heterocycles. The summed E-state index contributed by atoms with van der Waals surface area (Å²) in [5, 5.41) is 2.38. The van der Waals surface area contributed by atoms with Crippen molar-refractivity contribution in [2.24, 2.45) is 5.73 Å². The van der Waals surface area contributed by atoms with Crippen molar-refractivity contribution in [2.45, 2.75) is 25.9 Å². The van der Waals surface area contributed by atoms with Crippen LogP contribution in [0.25, 0.3) is 0 Å². The molecule has 0 saturated carbocycles. The van der Waals surface area contributed by atoms with Crippen molar-refractivity contribution in [3.63, 3.8) is 0 Å². The third kappa shape index (κ3) is 1.47. The summed E-state index contributed by atoms with van der Waals surface area (Å²) >= 11 is 0. The van der Waals surface area contributed by atoms with Gasteiger partial charge in [0.05, 0.1) is 0 Å². The molecule has 1 saturated heterocycles. The Balaban J connectivity index is 2.86. The molecule has 1 aliphatic rings. The number of nitrogens with two attached hydrogens (primary N) is 1. The van der Waals surface area contributed by atoms with Crippen LogP contribution in [0.1, 0.15) is 13.8 Å². The summed E-state index contributed by atoms with van der Waals surface area (Å²) in [5.41, 5.74) is 4.97. The number of amides is 4. The van der Waals surface area contributed by atoms with Gasteiger partial charge in [-0.1, -0.05) is 0 Å². The van der Waals surface area contributed by atoms with Gasteiger partial charge in [0.25, 0.3) is 5.91 Å². The van der Waals surface area contributed by atoms with Gasteiger partial charge in [0.1, 0.15) is 12.1 Å². The second-order valence-electron chi connectivity index (χ2n) is 2.96. The quantitative estimate of drug-likeness (QED) is 0.529. The third-order valence-corrected chi connectivity index (χ3v) is 1.97. The van der Waals surface area contributed by atoms with Gasteiger partial charge >= 0.3 is 6.03 Å². The second-order valence-corrected chi connectivity index (χ2v) is 2.96. The lowest BCUT2D eigenvalue weighted by Gasteiger charge is -2.17. The summed E-state index contributed by atoms with van der Waals surface area (Å²) in [6.45, 7) is 2.96. The molecule has 0 aromatic heterocycles. The largest absolute Gasteiger partial charge is 0.368 e. The summed E-state index contributed by atoms with van der Waals surface area (Å²) < 4.78 is 0. The molecule has 0 spiro atoms. The highest BCUT2D eigenvalue weighted by atomic mass is 16.2. The summed E-state index contributed by atoms with van der Waals surface area (Å²) in [7, 11) is 0. The van der Waals surface area contributed by atoms with E-state index in [0.29, 0.717) is 0 Å². The molecule has 1 rings (SSSR count). The molecule has 6 nitrogen and oxygen atoms in total. The lowest BCUT2D eigenvalue weighted by atomic mass is 10.2. The van der Waals surface area contributed by atoms with E-state index in [-0.39, 0.29) is 0 Å². The highest BCUT2D eigenvalue weighted by Crippen LogP contribution is 2.09. The molecule has 4 amide bonds. The average molecular weight is 185 g/mol. The van der Waals surface area contributed by atoms with Crippen molar-refractivity contribution in [3.8, 4) is 0 Å². The van der Waals surface area contributed by atoms with Gasteiger partial charge in [-0.05, 0) is 13.8 Å². The standard InChI is InChI=1S/C7H11N3O3/c1-3-6(12)10(7(13)9-3)4(2)5(8)11/h3-4H,1-2H3,(H2,8,11)(H,9,13). The van der Waals surface area contributed by atoms with E-state index in [2.05, 4.69) is 5.32 Å². The van der Waals surface area contributed by atoms with Crippen LogP contribution in [0.5, 0.6) is 0 Å². The van der Waals surface area contributed by atoms with Crippen LogP contribution in [0.2, 0.25) is 0 Å². The lowest BCUT2D eigenvalue weighted by Crippen LogP contribution is -2.46. The van der Waals surface area contributed by atoms with Gasteiger partial charge < -0.3 is 11.1 Å². The first-order valence-electron chi connectivity index (χ1n) is 3.88. The fourth-order valence-electron chi connectivity index (χ4n) is 1.12. The molecule has 0 bridgehead atoms. The van der Waals surface area contributed by atoms with Gasteiger partial charge in [-0.25, -0.2) is 4.79 Å². The topological polar surface area (TPSA) is 92.5 Å².